The molecule has 0 aliphatic carbocycles. The molecular formula is C8H8ClN2O. The van der Waals surface area contributed by atoms with Crippen molar-refractivity contribution in [2.24, 2.45) is 5.73 Å². The van der Waals surface area contributed by atoms with Crippen LogP contribution in [0.3, 0.4) is 0 Å². The maximum Gasteiger partial charge on any atom is 0.259 e. The Morgan fingerprint density at radius 1 is 1.42 bits per heavy atom. The molecule has 1 aromatic rings. The standard InChI is InChI=1S/C8H8ClN2O/c9-6-3-1-5(2-4-6)7(10)8(11)12/h1-4,7,11H,10H2. The van der Waals surface area contributed by atoms with Crippen LogP contribution in [0.4, 0.5) is 0 Å². The summed E-state index contributed by atoms with van der Waals surface area (Å²) in [5, 5.41) is 0.586. The van der Waals surface area contributed by atoms with E-state index in [1.54, 1.807) is 24.3 Å². The lowest BCUT2D eigenvalue weighted by molar-refractivity contribution is -0.120. The maximum atomic E-state index is 10.5. The van der Waals surface area contributed by atoms with Crippen molar-refractivity contribution >= 4 is 17.5 Å². The summed E-state index contributed by atoms with van der Waals surface area (Å²) in [6.07, 6.45) is 0. The largest absolute Gasteiger partial charge is 0.316 e. The van der Waals surface area contributed by atoms with Gasteiger partial charge < -0.3 is 5.73 Å². The fourth-order valence-electron chi connectivity index (χ4n) is 0.821. The number of carbonyl (C=O) groups excluding carboxylic acids is 1. The summed E-state index contributed by atoms with van der Waals surface area (Å²) in [7, 11) is 0. The van der Waals surface area contributed by atoms with E-state index in [1.807, 2.05) is 0 Å². The first-order valence-corrected chi connectivity index (χ1v) is 3.75. The Morgan fingerprint density at radius 3 is 2.33 bits per heavy atom. The molecule has 3 N–H and O–H groups in total. The van der Waals surface area contributed by atoms with E-state index >= 15 is 0 Å². The predicted octanol–water partition coefficient (Wildman–Crippen LogP) is 1.15. The van der Waals surface area contributed by atoms with Crippen LogP contribution in [0.5, 0.6) is 0 Å². The maximum absolute atomic E-state index is 10.5. The molecule has 0 aliphatic heterocycles. The summed E-state index contributed by atoms with van der Waals surface area (Å²) in [4.78, 5) is 10.5. The number of rotatable bonds is 2. The molecular weight excluding hydrogens is 176 g/mol. The minimum atomic E-state index is -0.859. The Morgan fingerprint density at radius 2 is 1.92 bits per heavy atom. The molecule has 0 bridgehead atoms. The highest BCUT2D eigenvalue weighted by atomic mass is 35.5. The van der Waals surface area contributed by atoms with Crippen molar-refractivity contribution in [1.82, 2.24) is 5.73 Å². The van der Waals surface area contributed by atoms with E-state index in [0.717, 1.165) is 0 Å². The number of nitrogens with two attached hydrogens (primary N) is 1. The monoisotopic (exact) mass is 183 g/mol. The van der Waals surface area contributed by atoms with Crippen molar-refractivity contribution in [3.63, 3.8) is 0 Å². The summed E-state index contributed by atoms with van der Waals surface area (Å²) >= 11 is 5.62. The lowest BCUT2D eigenvalue weighted by Gasteiger charge is -2.05. The molecule has 63 valence electrons. The van der Waals surface area contributed by atoms with Crippen LogP contribution < -0.4 is 11.5 Å². The average molecular weight is 184 g/mol. The minimum Gasteiger partial charge on any atom is -0.316 e. The summed E-state index contributed by atoms with van der Waals surface area (Å²) in [6.45, 7) is 0. The molecule has 0 aromatic heterocycles. The van der Waals surface area contributed by atoms with E-state index in [1.165, 1.54) is 0 Å². The van der Waals surface area contributed by atoms with Gasteiger partial charge in [0.2, 0.25) is 0 Å². The van der Waals surface area contributed by atoms with Gasteiger partial charge in [-0.2, -0.15) is 0 Å². The summed E-state index contributed by atoms with van der Waals surface area (Å²) < 4.78 is 0. The molecule has 0 heterocycles. The molecule has 0 aliphatic rings. The summed E-state index contributed by atoms with van der Waals surface area (Å²) in [5.41, 5.74) is 12.8. The second kappa shape index (κ2) is 3.56. The zero-order chi connectivity index (χ0) is 9.14. The van der Waals surface area contributed by atoms with Gasteiger partial charge in [0.25, 0.3) is 5.91 Å². The van der Waals surface area contributed by atoms with Gasteiger partial charge in [0.1, 0.15) is 6.04 Å². The Kier molecular flexibility index (Phi) is 2.68. The SMILES string of the molecule is [NH]C(=O)C(N)c1ccc(Cl)cc1. The van der Waals surface area contributed by atoms with Crippen molar-refractivity contribution in [2.75, 3.05) is 0 Å². The number of benzene rings is 1. The molecule has 4 heteroatoms. The van der Waals surface area contributed by atoms with Gasteiger partial charge in [-0.3, -0.25) is 10.5 Å². The smallest absolute Gasteiger partial charge is 0.259 e. The van der Waals surface area contributed by atoms with Gasteiger partial charge in [0.15, 0.2) is 0 Å². The van der Waals surface area contributed by atoms with Crippen molar-refractivity contribution in [3.05, 3.63) is 34.9 Å². The molecule has 12 heavy (non-hydrogen) atoms. The number of halogens is 1. The van der Waals surface area contributed by atoms with Crippen molar-refractivity contribution < 1.29 is 4.79 Å². The minimum absolute atomic E-state index is 0.586. The van der Waals surface area contributed by atoms with Gasteiger partial charge in [-0.15, -0.1) is 0 Å². The molecule has 1 rings (SSSR count). The molecule has 1 radical (unpaired) electrons. The van der Waals surface area contributed by atoms with E-state index in [2.05, 4.69) is 0 Å². The Balaban J connectivity index is 2.89. The Hall–Kier alpha value is -1.06. The van der Waals surface area contributed by atoms with E-state index in [-0.39, 0.29) is 0 Å². The number of amides is 1. The van der Waals surface area contributed by atoms with Crippen LogP contribution >= 0.6 is 11.6 Å². The summed E-state index contributed by atoms with van der Waals surface area (Å²) in [5.74, 6) is -0.794. The number of nitrogens with one attached hydrogen (secondary N) is 1. The van der Waals surface area contributed by atoms with Crippen LogP contribution in [0.15, 0.2) is 24.3 Å². The quantitative estimate of drug-likeness (QED) is 0.748. The van der Waals surface area contributed by atoms with Gasteiger partial charge in [0, 0.05) is 5.02 Å². The van der Waals surface area contributed by atoms with E-state index in [4.69, 9.17) is 23.1 Å². The Labute approximate surface area is 75.3 Å². The Bertz CT molecular complexity index is 284. The molecule has 0 saturated carbocycles. The summed E-state index contributed by atoms with van der Waals surface area (Å²) in [6, 6.07) is 5.69. The molecule has 1 atom stereocenters. The highest BCUT2D eigenvalue weighted by Gasteiger charge is 2.11. The van der Waals surface area contributed by atoms with E-state index < -0.39 is 11.9 Å². The highest BCUT2D eigenvalue weighted by Crippen LogP contribution is 2.14. The molecule has 0 fully saturated rings. The van der Waals surface area contributed by atoms with Gasteiger partial charge in [-0.05, 0) is 17.7 Å². The molecule has 1 aromatic carbocycles. The third-order valence-corrected chi connectivity index (χ3v) is 1.76. The topological polar surface area (TPSA) is 66.9 Å². The molecule has 0 spiro atoms. The number of carbonyl (C=O) groups is 1. The van der Waals surface area contributed by atoms with E-state index in [0.29, 0.717) is 10.6 Å². The van der Waals surface area contributed by atoms with Crippen LogP contribution in [-0.4, -0.2) is 5.91 Å². The predicted molar refractivity (Wildman–Crippen MR) is 46.5 cm³/mol. The normalized spacial score (nSPS) is 12.5. The van der Waals surface area contributed by atoms with Crippen LogP contribution in [0.1, 0.15) is 11.6 Å². The van der Waals surface area contributed by atoms with Gasteiger partial charge in [0.05, 0.1) is 0 Å². The molecule has 1 unspecified atom stereocenters. The van der Waals surface area contributed by atoms with Gasteiger partial charge in [-0.1, -0.05) is 23.7 Å². The van der Waals surface area contributed by atoms with Crippen LogP contribution in [-0.2, 0) is 4.79 Å². The number of hydrogen-bond donors (Lipinski definition) is 1. The average Bonchev–Trinajstić information content (AvgIpc) is 2.04. The lowest BCUT2D eigenvalue weighted by Crippen LogP contribution is -2.21. The molecule has 3 nitrogen and oxygen atoms in total. The zero-order valence-corrected chi connectivity index (χ0v) is 7.01. The van der Waals surface area contributed by atoms with Crippen LogP contribution in [0.2, 0.25) is 5.02 Å². The third kappa shape index (κ3) is 1.96. The first-order chi connectivity index (χ1) is 5.61. The first kappa shape index (κ1) is 9.03. The fraction of sp³-hybridized carbons (Fsp3) is 0.125. The zero-order valence-electron chi connectivity index (χ0n) is 6.25. The molecule has 0 saturated heterocycles. The van der Waals surface area contributed by atoms with Crippen molar-refractivity contribution in [1.29, 1.82) is 0 Å². The van der Waals surface area contributed by atoms with E-state index in [9.17, 15) is 4.79 Å². The van der Waals surface area contributed by atoms with Crippen molar-refractivity contribution in [3.8, 4) is 0 Å². The van der Waals surface area contributed by atoms with Crippen LogP contribution in [0, 0.1) is 0 Å². The van der Waals surface area contributed by atoms with Crippen LogP contribution in [0.25, 0.3) is 0 Å². The second-order valence-electron chi connectivity index (χ2n) is 2.39. The lowest BCUT2D eigenvalue weighted by atomic mass is 10.1. The second-order valence-corrected chi connectivity index (χ2v) is 2.83. The highest BCUT2D eigenvalue weighted by molar-refractivity contribution is 6.30. The number of hydrogen-bond acceptors (Lipinski definition) is 2. The molecule has 1 amide bonds. The first-order valence-electron chi connectivity index (χ1n) is 3.38. The van der Waals surface area contributed by atoms with Crippen molar-refractivity contribution in [2.45, 2.75) is 6.04 Å². The fourth-order valence-corrected chi connectivity index (χ4v) is 0.947. The van der Waals surface area contributed by atoms with Gasteiger partial charge >= 0.3 is 0 Å². The van der Waals surface area contributed by atoms with Gasteiger partial charge in [-0.25, -0.2) is 0 Å². The third-order valence-electron chi connectivity index (χ3n) is 1.51.